The second-order valence-corrected chi connectivity index (χ2v) is 10.0. The van der Waals surface area contributed by atoms with E-state index in [1.807, 2.05) is 30.3 Å². The molecular weight excluding hydrogens is 562 g/mol. The molecule has 218 valence electrons. The van der Waals surface area contributed by atoms with Gasteiger partial charge in [0.2, 0.25) is 0 Å². The predicted molar refractivity (Wildman–Crippen MR) is 157 cm³/mol. The van der Waals surface area contributed by atoms with Gasteiger partial charge in [0, 0.05) is 11.1 Å². The topological polar surface area (TPSA) is 9.23 Å². The number of halogens is 6. The molecule has 0 aliphatic rings. The van der Waals surface area contributed by atoms with Gasteiger partial charge in [-0.15, -0.1) is 6.58 Å². The van der Waals surface area contributed by atoms with Crippen molar-refractivity contribution in [3.05, 3.63) is 150 Å². The molecule has 1 nitrogen and oxygen atoms in total. The normalized spacial score (nSPS) is 11.4. The molecule has 0 radical (unpaired) electrons. The van der Waals surface area contributed by atoms with Gasteiger partial charge >= 0.3 is 6.11 Å². The lowest BCUT2D eigenvalue weighted by molar-refractivity contribution is -0.187. The van der Waals surface area contributed by atoms with Crippen LogP contribution in [-0.4, -0.2) is 0 Å². The Bertz CT molecular complexity index is 1740. The summed E-state index contributed by atoms with van der Waals surface area (Å²) in [5.41, 5.74) is 2.29. The molecule has 5 rings (SSSR count). The molecule has 0 bridgehead atoms. The number of hydrogen-bond donors (Lipinski definition) is 0. The van der Waals surface area contributed by atoms with Crippen LogP contribution in [0, 0.1) is 17.5 Å². The van der Waals surface area contributed by atoms with Gasteiger partial charge in [0.25, 0.3) is 0 Å². The summed E-state index contributed by atoms with van der Waals surface area (Å²) in [6.07, 6.45) is -0.458. The molecule has 0 aliphatic heterocycles. The molecule has 0 aromatic heterocycles. The molecule has 0 saturated heterocycles. The van der Waals surface area contributed by atoms with Crippen LogP contribution in [0.1, 0.15) is 23.1 Å². The molecule has 0 unspecified atom stereocenters. The zero-order valence-electron chi connectivity index (χ0n) is 22.9. The van der Waals surface area contributed by atoms with Crippen LogP contribution in [-0.2, 0) is 19.2 Å². The SMILES string of the molecule is C=CCCc1ccc(-c2ccc(-c3ccc(-c4ccc(C(F)(F)Oc5ccc(CF)cc5)c(F)c4)c(F)c3)c(F)c2)cc1. The standard InChI is InChI=1S/C36H26F6O/c1-2-3-4-23-5-9-25(10-6-23)26-11-16-30(33(38)19-26)27-12-17-31(34(39)20-27)28-13-18-32(35(40)21-28)36(41,42)43-29-14-7-24(22-37)8-15-29/h2,5-21H,1,3-4,22H2. The molecule has 0 N–H and O–H groups in total. The Balaban J connectivity index is 1.35. The van der Waals surface area contributed by atoms with Crippen molar-refractivity contribution in [3.8, 4) is 39.1 Å². The largest absolute Gasteiger partial charge is 0.429 e. The van der Waals surface area contributed by atoms with Crippen LogP contribution >= 0.6 is 0 Å². The first-order chi connectivity index (χ1) is 20.7. The highest BCUT2D eigenvalue weighted by Gasteiger charge is 2.37. The van der Waals surface area contributed by atoms with E-state index < -0.39 is 35.8 Å². The molecule has 0 aliphatic carbocycles. The van der Waals surface area contributed by atoms with Gasteiger partial charge < -0.3 is 4.74 Å². The van der Waals surface area contributed by atoms with E-state index in [-0.39, 0.29) is 33.6 Å². The predicted octanol–water partition coefficient (Wildman–Crippen LogP) is 10.8. The fraction of sp³-hybridized carbons (Fsp3) is 0.111. The minimum absolute atomic E-state index is 0.0146. The summed E-state index contributed by atoms with van der Waals surface area (Å²) in [7, 11) is 0. The fourth-order valence-electron chi connectivity index (χ4n) is 4.75. The monoisotopic (exact) mass is 588 g/mol. The number of ether oxygens (including phenoxy) is 1. The summed E-state index contributed by atoms with van der Waals surface area (Å²) in [5.74, 6) is -2.90. The van der Waals surface area contributed by atoms with Crippen molar-refractivity contribution in [3.63, 3.8) is 0 Å². The summed E-state index contributed by atoms with van der Waals surface area (Å²) in [6, 6.07) is 24.1. The Kier molecular flexibility index (Phi) is 8.71. The Hall–Kier alpha value is -4.78. The van der Waals surface area contributed by atoms with Crippen LogP contribution in [0.3, 0.4) is 0 Å². The average Bonchev–Trinajstić information content (AvgIpc) is 3.00. The van der Waals surface area contributed by atoms with Crippen LogP contribution in [0.5, 0.6) is 5.75 Å². The molecular formula is C36H26F6O. The molecule has 0 amide bonds. The van der Waals surface area contributed by atoms with Crippen molar-refractivity contribution in [2.75, 3.05) is 0 Å². The maximum Gasteiger partial charge on any atom is 0.429 e. The summed E-state index contributed by atoms with van der Waals surface area (Å²) < 4.78 is 92.0. The van der Waals surface area contributed by atoms with Gasteiger partial charge in [-0.05, 0) is 82.6 Å². The lowest BCUT2D eigenvalue weighted by Gasteiger charge is -2.19. The summed E-state index contributed by atoms with van der Waals surface area (Å²) in [4.78, 5) is 0. The number of aryl methyl sites for hydroxylation is 1. The molecule has 5 aromatic carbocycles. The van der Waals surface area contributed by atoms with Crippen LogP contribution in [0.25, 0.3) is 33.4 Å². The lowest BCUT2D eigenvalue weighted by Crippen LogP contribution is -2.23. The third-order valence-electron chi connectivity index (χ3n) is 7.09. The van der Waals surface area contributed by atoms with Crippen LogP contribution in [0.2, 0.25) is 0 Å². The fourth-order valence-corrected chi connectivity index (χ4v) is 4.75. The summed E-state index contributed by atoms with van der Waals surface area (Å²) >= 11 is 0. The van der Waals surface area contributed by atoms with Gasteiger partial charge in [-0.3, -0.25) is 0 Å². The molecule has 5 aromatic rings. The second-order valence-electron chi connectivity index (χ2n) is 10.0. The van der Waals surface area contributed by atoms with Crippen molar-refractivity contribution in [1.29, 1.82) is 0 Å². The highest BCUT2D eigenvalue weighted by atomic mass is 19.3. The van der Waals surface area contributed by atoms with Crippen molar-refractivity contribution >= 4 is 0 Å². The highest BCUT2D eigenvalue weighted by Crippen LogP contribution is 2.37. The van der Waals surface area contributed by atoms with Gasteiger partial charge in [-0.2, -0.15) is 8.78 Å². The van der Waals surface area contributed by atoms with Crippen molar-refractivity contribution in [1.82, 2.24) is 0 Å². The lowest BCUT2D eigenvalue weighted by atomic mass is 9.96. The zero-order valence-corrected chi connectivity index (χ0v) is 22.9. The van der Waals surface area contributed by atoms with Gasteiger partial charge in [0.05, 0.1) is 5.56 Å². The third kappa shape index (κ3) is 6.67. The third-order valence-corrected chi connectivity index (χ3v) is 7.09. The molecule has 0 atom stereocenters. The first-order valence-corrected chi connectivity index (χ1v) is 13.5. The number of allylic oxidation sites excluding steroid dienone is 1. The Morgan fingerprint density at radius 1 is 0.605 bits per heavy atom. The quantitative estimate of drug-likeness (QED) is 0.117. The molecule has 0 heterocycles. The molecule has 0 saturated carbocycles. The summed E-state index contributed by atoms with van der Waals surface area (Å²) in [6.45, 7) is 2.96. The van der Waals surface area contributed by atoms with E-state index in [4.69, 9.17) is 0 Å². The van der Waals surface area contributed by atoms with E-state index in [9.17, 15) is 17.6 Å². The first kappa shape index (κ1) is 29.7. The number of hydrogen-bond acceptors (Lipinski definition) is 1. The molecule has 0 fully saturated rings. The number of rotatable bonds is 10. The minimum atomic E-state index is -4.04. The van der Waals surface area contributed by atoms with E-state index in [0.717, 1.165) is 60.4 Å². The van der Waals surface area contributed by atoms with Crippen LogP contribution in [0.4, 0.5) is 26.3 Å². The minimum Gasteiger partial charge on any atom is -0.429 e. The average molecular weight is 589 g/mol. The maximum atomic E-state index is 15.2. The molecule has 0 spiro atoms. The van der Waals surface area contributed by atoms with E-state index in [1.54, 1.807) is 12.1 Å². The zero-order chi connectivity index (χ0) is 30.6. The second kappa shape index (κ2) is 12.6. The van der Waals surface area contributed by atoms with E-state index in [1.165, 1.54) is 30.3 Å². The van der Waals surface area contributed by atoms with Gasteiger partial charge in [-0.25, -0.2) is 17.6 Å². The molecule has 7 heteroatoms. The van der Waals surface area contributed by atoms with Gasteiger partial charge in [0.15, 0.2) is 0 Å². The van der Waals surface area contributed by atoms with Gasteiger partial charge in [0.1, 0.15) is 29.9 Å². The van der Waals surface area contributed by atoms with Crippen molar-refractivity contribution < 1.29 is 31.1 Å². The Morgan fingerprint density at radius 2 is 1.12 bits per heavy atom. The summed E-state index contributed by atoms with van der Waals surface area (Å²) in [5, 5.41) is 0. The molecule has 43 heavy (non-hydrogen) atoms. The Morgan fingerprint density at radius 3 is 1.67 bits per heavy atom. The van der Waals surface area contributed by atoms with E-state index in [0.29, 0.717) is 5.56 Å². The van der Waals surface area contributed by atoms with Crippen molar-refractivity contribution in [2.45, 2.75) is 25.6 Å². The van der Waals surface area contributed by atoms with Crippen LogP contribution in [0.15, 0.2) is 116 Å². The number of benzene rings is 5. The van der Waals surface area contributed by atoms with Crippen molar-refractivity contribution in [2.24, 2.45) is 0 Å². The maximum absolute atomic E-state index is 15.2. The first-order valence-electron chi connectivity index (χ1n) is 13.5. The smallest absolute Gasteiger partial charge is 0.429 e. The van der Waals surface area contributed by atoms with Crippen LogP contribution < -0.4 is 4.74 Å². The number of alkyl halides is 3. The van der Waals surface area contributed by atoms with E-state index >= 15 is 8.78 Å². The highest BCUT2D eigenvalue weighted by molar-refractivity contribution is 5.74. The van der Waals surface area contributed by atoms with E-state index in [2.05, 4.69) is 11.3 Å². The Labute approximate surface area is 245 Å². The van der Waals surface area contributed by atoms with Gasteiger partial charge in [-0.1, -0.05) is 72.8 Å².